The first-order valence-electron chi connectivity index (χ1n) is 9.35. The fourth-order valence-electron chi connectivity index (χ4n) is 1.97. The molecular weight excluding hydrogens is 360 g/mol. The molecule has 0 atom stereocenters. The number of hydrogen-bond acceptors (Lipinski definition) is 8. The second-order valence-electron chi connectivity index (χ2n) is 5.59. The quantitative estimate of drug-likeness (QED) is 0.151. The molecule has 9 heteroatoms. The highest BCUT2D eigenvalue weighted by Gasteiger charge is 2.00. The van der Waals surface area contributed by atoms with Gasteiger partial charge in [0.25, 0.3) is 0 Å². The summed E-state index contributed by atoms with van der Waals surface area (Å²) in [6, 6.07) is 0. The molecule has 0 saturated carbocycles. The molecule has 0 spiro atoms. The fourth-order valence-corrected chi connectivity index (χ4v) is 2.10. The van der Waals surface area contributed by atoms with E-state index < -0.39 is 0 Å². The largest absolute Gasteiger partial charge is 0.379 e. The fraction of sp³-hybridized carbons (Fsp3) is 0.941. The van der Waals surface area contributed by atoms with Gasteiger partial charge in [0.15, 0.2) is 0 Å². The maximum atomic E-state index is 11.6. The van der Waals surface area contributed by atoms with Gasteiger partial charge in [-0.2, -0.15) is 0 Å². The second-order valence-corrected chi connectivity index (χ2v) is 5.84. The number of carbonyl (C=O) groups is 1. The van der Waals surface area contributed by atoms with Crippen molar-refractivity contribution in [3.05, 3.63) is 0 Å². The minimum atomic E-state index is 0.0230. The third kappa shape index (κ3) is 21.6. The molecular formula is C17H36N2O6S. The van der Waals surface area contributed by atoms with E-state index in [-0.39, 0.29) is 5.91 Å². The van der Waals surface area contributed by atoms with Gasteiger partial charge in [-0.05, 0) is 25.8 Å². The number of amides is 1. The molecule has 0 rings (SSSR count). The molecule has 0 radical (unpaired) electrons. The molecule has 0 aromatic carbocycles. The van der Waals surface area contributed by atoms with Crippen LogP contribution in [0.2, 0.25) is 0 Å². The van der Waals surface area contributed by atoms with Gasteiger partial charge in [-0.1, -0.05) is 12.8 Å². The van der Waals surface area contributed by atoms with Gasteiger partial charge >= 0.3 is 0 Å². The van der Waals surface area contributed by atoms with Crippen LogP contribution in [0.4, 0.5) is 0 Å². The summed E-state index contributed by atoms with van der Waals surface area (Å²) in [6.07, 6.45) is 4.53. The number of thiol groups is 1. The van der Waals surface area contributed by atoms with Crippen molar-refractivity contribution < 1.29 is 27.9 Å². The van der Waals surface area contributed by atoms with Crippen molar-refractivity contribution >= 4 is 18.8 Å². The van der Waals surface area contributed by atoms with E-state index in [1.165, 1.54) is 0 Å². The summed E-state index contributed by atoms with van der Waals surface area (Å²) in [7, 11) is 0. The molecule has 0 aliphatic heterocycles. The minimum absolute atomic E-state index is 0.0230. The Kier molecular flexibility index (Phi) is 22.3. The second kappa shape index (κ2) is 22.6. The van der Waals surface area contributed by atoms with Crippen molar-refractivity contribution in [3.63, 3.8) is 0 Å². The van der Waals surface area contributed by atoms with Crippen molar-refractivity contribution in [1.82, 2.24) is 5.32 Å². The number of rotatable bonds is 21. The summed E-state index contributed by atoms with van der Waals surface area (Å²) in [4.78, 5) is 11.6. The van der Waals surface area contributed by atoms with Gasteiger partial charge < -0.3 is 34.2 Å². The van der Waals surface area contributed by atoms with Crippen LogP contribution in [0.25, 0.3) is 0 Å². The van der Waals surface area contributed by atoms with Crippen LogP contribution >= 0.6 is 12.9 Å². The van der Waals surface area contributed by atoms with Crippen LogP contribution in [0.15, 0.2) is 0 Å². The monoisotopic (exact) mass is 396 g/mol. The first-order chi connectivity index (χ1) is 12.8. The molecule has 0 saturated heterocycles. The van der Waals surface area contributed by atoms with Crippen LogP contribution in [0.5, 0.6) is 0 Å². The summed E-state index contributed by atoms with van der Waals surface area (Å²) in [6.45, 7) is 5.96. The molecule has 156 valence electrons. The first-order valence-corrected chi connectivity index (χ1v) is 9.72. The van der Waals surface area contributed by atoms with Crippen LogP contribution < -0.4 is 11.1 Å². The molecule has 0 heterocycles. The van der Waals surface area contributed by atoms with E-state index in [4.69, 9.17) is 24.7 Å². The van der Waals surface area contributed by atoms with Crippen LogP contribution in [-0.2, 0) is 27.9 Å². The molecule has 0 aromatic rings. The zero-order valence-electron chi connectivity index (χ0n) is 15.8. The summed E-state index contributed by atoms with van der Waals surface area (Å²) in [5, 5.41) is 2.89. The first kappa shape index (κ1) is 25.6. The standard InChI is InChI=1S/C17H36N2O6S/c18-6-10-22-12-14-24-16-15-23-13-11-21-9-5-17(20)19-7-3-1-2-4-8-25-26/h26H,1-16,18H2,(H,19,20). The maximum Gasteiger partial charge on any atom is 0.222 e. The number of nitrogens with two attached hydrogens (primary N) is 1. The van der Waals surface area contributed by atoms with Gasteiger partial charge in [-0.25, -0.2) is 0 Å². The molecule has 3 N–H and O–H groups in total. The molecule has 26 heavy (non-hydrogen) atoms. The van der Waals surface area contributed by atoms with Crippen molar-refractivity contribution in [2.24, 2.45) is 5.73 Å². The predicted molar refractivity (Wildman–Crippen MR) is 103 cm³/mol. The lowest BCUT2D eigenvalue weighted by Gasteiger charge is -2.08. The molecule has 0 unspecified atom stereocenters. The Morgan fingerprint density at radius 2 is 1.27 bits per heavy atom. The van der Waals surface area contributed by atoms with Gasteiger partial charge in [0.2, 0.25) is 5.91 Å². The third-order valence-corrected chi connectivity index (χ3v) is 3.52. The SMILES string of the molecule is NCCOCCOCCOCCOCCC(=O)NCCCCCCOS. The maximum absolute atomic E-state index is 11.6. The Hall–Kier alpha value is -0.420. The summed E-state index contributed by atoms with van der Waals surface area (Å²) in [5.41, 5.74) is 5.30. The highest BCUT2D eigenvalue weighted by molar-refractivity contribution is 7.75. The van der Waals surface area contributed by atoms with Crippen molar-refractivity contribution in [1.29, 1.82) is 0 Å². The highest BCUT2D eigenvalue weighted by atomic mass is 32.1. The van der Waals surface area contributed by atoms with Crippen molar-refractivity contribution in [2.45, 2.75) is 32.1 Å². The van der Waals surface area contributed by atoms with Gasteiger partial charge in [0.1, 0.15) is 0 Å². The summed E-state index contributed by atoms with van der Waals surface area (Å²) >= 11 is 3.69. The smallest absolute Gasteiger partial charge is 0.222 e. The number of carbonyl (C=O) groups excluding carboxylic acids is 1. The lowest BCUT2D eigenvalue weighted by molar-refractivity contribution is -0.122. The summed E-state index contributed by atoms with van der Waals surface area (Å²) in [5.74, 6) is 0.0230. The molecule has 0 aliphatic rings. The lowest BCUT2D eigenvalue weighted by Crippen LogP contribution is -2.25. The molecule has 0 fully saturated rings. The van der Waals surface area contributed by atoms with Crippen LogP contribution in [0, 0.1) is 0 Å². The Bertz CT molecular complexity index is 300. The number of ether oxygens (including phenoxy) is 4. The Morgan fingerprint density at radius 3 is 1.85 bits per heavy atom. The molecule has 1 amide bonds. The number of unbranched alkanes of at least 4 members (excludes halogenated alkanes) is 3. The van der Waals surface area contributed by atoms with Crippen molar-refractivity contribution in [3.8, 4) is 0 Å². The normalized spacial score (nSPS) is 11.0. The van der Waals surface area contributed by atoms with E-state index in [1.807, 2.05) is 0 Å². The molecule has 0 bridgehead atoms. The number of hydrogen-bond donors (Lipinski definition) is 3. The number of nitrogens with one attached hydrogen (secondary N) is 1. The van der Waals surface area contributed by atoms with Crippen molar-refractivity contribution in [2.75, 3.05) is 72.6 Å². The topological polar surface area (TPSA) is 101 Å². The predicted octanol–water partition coefficient (Wildman–Crippen LogP) is 0.940. The third-order valence-electron chi connectivity index (χ3n) is 3.34. The Balaban J connectivity index is 3.12. The minimum Gasteiger partial charge on any atom is -0.379 e. The molecule has 0 aliphatic carbocycles. The zero-order chi connectivity index (χ0) is 19.1. The zero-order valence-corrected chi connectivity index (χ0v) is 16.7. The average Bonchev–Trinajstić information content (AvgIpc) is 2.64. The van der Waals surface area contributed by atoms with E-state index in [1.54, 1.807) is 0 Å². The van der Waals surface area contributed by atoms with Gasteiger partial charge in [0, 0.05) is 19.5 Å². The average molecular weight is 397 g/mol. The van der Waals surface area contributed by atoms with Gasteiger partial charge in [0.05, 0.1) is 59.5 Å². The van der Waals surface area contributed by atoms with E-state index in [0.29, 0.717) is 79.0 Å². The van der Waals surface area contributed by atoms with Gasteiger partial charge in [-0.3, -0.25) is 4.79 Å². The molecule has 8 nitrogen and oxygen atoms in total. The Morgan fingerprint density at radius 1 is 0.731 bits per heavy atom. The molecule has 0 aromatic heterocycles. The van der Waals surface area contributed by atoms with E-state index >= 15 is 0 Å². The summed E-state index contributed by atoms with van der Waals surface area (Å²) < 4.78 is 25.9. The van der Waals surface area contributed by atoms with Crippen LogP contribution in [0.1, 0.15) is 32.1 Å². The van der Waals surface area contributed by atoms with Crippen LogP contribution in [0.3, 0.4) is 0 Å². The lowest BCUT2D eigenvalue weighted by atomic mass is 10.2. The van der Waals surface area contributed by atoms with E-state index in [2.05, 4.69) is 22.4 Å². The van der Waals surface area contributed by atoms with E-state index in [9.17, 15) is 4.79 Å². The van der Waals surface area contributed by atoms with Crippen LogP contribution in [-0.4, -0.2) is 78.5 Å². The van der Waals surface area contributed by atoms with Gasteiger partial charge in [-0.15, -0.1) is 0 Å². The Labute approximate surface area is 163 Å². The van der Waals surface area contributed by atoms with E-state index in [0.717, 1.165) is 25.7 Å². The highest BCUT2D eigenvalue weighted by Crippen LogP contribution is 2.00.